The number of carbonyl (C=O) groups is 2. The molecule has 3 amide bonds. The Morgan fingerprint density at radius 3 is 2.45 bits per heavy atom. The number of anilines is 2. The van der Waals surface area contributed by atoms with E-state index in [0.717, 1.165) is 43.2 Å². The van der Waals surface area contributed by atoms with Gasteiger partial charge in [0.1, 0.15) is 5.82 Å². The lowest BCUT2D eigenvalue weighted by Crippen LogP contribution is -2.49. The van der Waals surface area contributed by atoms with Crippen LogP contribution in [0.25, 0.3) is 0 Å². The summed E-state index contributed by atoms with van der Waals surface area (Å²) in [6.45, 7) is 13.4. The first-order valence-corrected chi connectivity index (χ1v) is 13.8. The number of urea groups is 1. The second-order valence-electron chi connectivity index (χ2n) is 11.0. The summed E-state index contributed by atoms with van der Waals surface area (Å²) < 4.78 is 0. The molecular weight excluding hydrogens is 478 g/mol. The Labute approximate surface area is 225 Å². The highest BCUT2D eigenvalue weighted by molar-refractivity contribution is 5.94. The van der Waals surface area contributed by atoms with Crippen LogP contribution in [0.4, 0.5) is 16.6 Å². The fourth-order valence-electron chi connectivity index (χ4n) is 5.46. The van der Waals surface area contributed by atoms with E-state index in [1.807, 2.05) is 18.7 Å². The maximum Gasteiger partial charge on any atom is 0.323 e. The van der Waals surface area contributed by atoms with E-state index in [4.69, 9.17) is 4.98 Å². The minimum absolute atomic E-state index is 0.00218. The lowest BCUT2D eigenvalue weighted by molar-refractivity contribution is -0.128. The molecule has 2 aromatic rings. The van der Waals surface area contributed by atoms with E-state index in [1.165, 1.54) is 30.9 Å². The predicted molar refractivity (Wildman–Crippen MR) is 149 cm³/mol. The van der Waals surface area contributed by atoms with E-state index in [9.17, 15) is 9.59 Å². The van der Waals surface area contributed by atoms with Crippen LogP contribution in [0.1, 0.15) is 68.8 Å². The van der Waals surface area contributed by atoms with Gasteiger partial charge in [-0.2, -0.15) is 4.98 Å². The van der Waals surface area contributed by atoms with Crippen molar-refractivity contribution in [2.75, 3.05) is 36.4 Å². The third-order valence-corrected chi connectivity index (χ3v) is 7.90. The van der Waals surface area contributed by atoms with Crippen molar-refractivity contribution < 1.29 is 9.59 Å². The summed E-state index contributed by atoms with van der Waals surface area (Å²) in [4.78, 5) is 39.7. The van der Waals surface area contributed by atoms with Crippen molar-refractivity contribution in [3.05, 3.63) is 59.8 Å². The van der Waals surface area contributed by atoms with Crippen LogP contribution in [-0.2, 0) is 11.3 Å². The molecule has 1 aromatic carbocycles. The lowest BCUT2D eigenvalue weighted by Gasteiger charge is -2.39. The van der Waals surface area contributed by atoms with Crippen LogP contribution in [0.15, 0.2) is 43.1 Å². The van der Waals surface area contributed by atoms with Gasteiger partial charge in [0.25, 0.3) is 0 Å². The number of hydrogen-bond donors (Lipinski definition) is 2. The molecule has 1 saturated carbocycles. The van der Waals surface area contributed by atoms with E-state index < -0.39 is 0 Å². The Hall–Kier alpha value is -3.46. The van der Waals surface area contributed by atoms with E-state index in [0.29, 0.717) is 24.4 Å². The standard InChI is InChI=1S/C29H39N7O2/c1-5-26(37)35-14-12-34(13-15-35)25(16-21-6-7-21)23-10-8-22(9-11-23)20(4)32-28-30-17-24-18-31-29(38)36(19(2)3)27(24)33-28/h5,8-11,17,19-21,25H,1,6-7,12-16,18H2,2-4H3,(H,31,38)(H,30,32,33)/t20-,25?/m0/s1. The molecule has 3 aliphatic rings. The smallest absolute Gasteiger partial charge is 0.323 e. The molecular formula is C29H39N7O2. The number of hydrogen-bond acceptors (Lipinski definition) is 6. The normalized spacial score (nSPS) is 19.5. The average Bonchev–Trinajstić information content (AvgIpc) is 3.75. The number of fused-ring (bicyclic) bond motifs is 1. The van der Waals surface area contributed by atoms with Crippen molar-refractivity contribution in [3.63, 3.8) is 0 Å². The van der Waals surface area contributed by atoms with E-state index in [1.54, 1.807) is 11.1 Å². The van der Waals surface area contributed by atoms with Gasteiger partial charge in [0.2, 0.25) is 11.9 Å². The second kappa shape index (κ2) is 11.1. The molecule has 0 bridgehead atoms. The summed E-state index contributed by atoms with van der Waals surface area (Å²) in [6, 6.07) is 9.13. The molecule has 202 valence electrons. The second-order valence-corrected chi connectivity index (χ2v) is 11.0. The molecule has 5 rings (SSSR count). The number of benzene rings is 1. The summed E-state index contributed by atoms with van der Waals surface area (Å²) in [5.41, 5.74) is 3.40. The van der Waals surface area contributed by atoms with Crippen LogP contribution in [0, 0.1) is 5.92 Å². The molecule has 2 atom stereocenters. The van der Waals surface area contributed by atoms with Gasteiger partial charge in [-0.25, -0.2) is 9.78 Å². The minimum atomic E-state index is -0.129. The van der Waals surface area contributed by atoms with Crippen molar-refractivity contribution in [1.82, 2.24) is 25.1 Å². The van der Waals surface area contributed by atoms with Crippen molar-refractivity contribution in [2.24, 2.45) is 5.92 Å². The topological polar surface area (TPSA) is 93.7 Å². The predicted octanol–water partition coefficient (Wildman–Crippen LogP) is 4.26. The molecule has 1 aliphatic carbocycles. The Bertz CT molecular complexity index is 1170. The number of aromatic nitrogens is 2. The number of amides is 3. The first-order chi connectivity index (χ1) is 18.3. The fourth-order valence-corrected chi connectivity index (χ4v) is 5.46. The molecule has 2 aliphatic heterocycles. The highest BCUT2D eigenvalue weighted by Gasteiger charge is 2.32. The average molecular weight is 518 g/mol. The summed E-state index contributed by atoms with van der Waals surface area (Å²) in [6.07, 6.45) is 7.02. The van der Waals surface area contributed by atoms with Crippen LogP contribution >= 0.6 is 0 Å². The Morgan fingerprint density at radius 1 is 1.13 bits per heavy atom. The zero-order chi connectivity index (χ0) is 26.8. The van der Waals surface area contributed by atoms with E-state index in [-0.39, 0.29) is 24.0 Å². The zero-order valence-electron chi connectivity index (χ0n) is 22.7. The fraction of sp³-hybridized carbons (Fsp3) is 0.517. The van der Waals surface area contributed by atoms with Gasteiger partial charge in [-0.1, -0.05) is 43.7 Å². The summed E-state index contributed by atoms with van der Waals surface area (Å²) in [7, 11) is 0. The van der Waals surface area contributed by atoms with Gasteiger partial charge < -0.3 is 15.5 Å². The molecule has 0 radical (unpaired) electrons. The van der Waals surface area contributed by atoms with Crippen LogP contribution < -0.4 is 15.5 Å². The van der Waals surface area contributed by atoms with Crippen molar-refractivity contribution in [1.29, 1.82) is 0 Å². The van der Waals surface area contributed by atoms with Crippen LogP contribution in [0.2, 0.25) is 0 Å². The van der Waals surface area contributed by atoms with Crippen LogP contribution in [-0.4, -0.2) is 63.9 Å². The van der Waals surface area contributed by atoms with Crippen LogP contribution in [0.5, 0.6) is 0 Å². The highest BCUT2D eigenvalue weighted by Crippen LogP contribution is 2.40. The first-order valence-electron chi connectivity index (χ1n) is 13.8. The van der Waals surface area contributed by atoms with Gasteiger partial charge in [0.05, 0.1) is 6.04 Å². The molecule has 1 aromatic heterocycles. The summed E-state index contributed by atoms with van der Waals surface area (Å²) >= 11 is 0. The molecule has 9 heteroatoms. The van der Waals surface area contributed by atoms with Crippen molar-refractivity contribution in [3.8, 4) is 0 Å². The Kier molecular flexibility index (Phi) is 7.65. The number of nitrogens with zero attached hydrogens (tertiary/aromatic N) is 5. The van der Waals surface area contributed by atoms with Gasteiger partial charge >= 0.3 is 6.03 Å². The molecule has 3 heterocycles. The number of rotatable bonds is 9. The zero-order valence-corrected chi connectivity index (χ0v) is 22.7. The van der Waals surface area contributed by atoms with Gasteiger partial charge in [-0.15, -0.1) is 0 Å². The Balaban J connectivity index is 1.27. The van der Waals surface area contributed by atoms with Gasteiger partial charge in [0.15, 0.2) is 0 Å². The van der Waals surface area contributed by atoms with Gasteiger partial charge in [-0.3, -0.25) is 14.6 Å². The quantitative estimate of drug-likeness (QED) is 0.483. The van der Waals surface area contributed by atoms with Crippen molar-refractivity contribution >= 4 is 23.7 Å². The monoisotopic (exact) mass is 517 g/mol. The summed E-state index contributed by atoms with van der Waals surface area (Å²) in [5.74, 6) is 2.01. The largest absolute Gasteiger partial charge is 0.348 e. The molecule has 0 spiro atoms. The van der Waals surface area contributed by atoms with E-state index >= 15 is 0 Å². The maximum absolute atomic E-state index is 12.4. The lowest BCUT2D eigenvalue weighted by atomic mass is 9.96. The molecule has 9 nitrogen and oxygen atoms in total. The highest BCUT2D eigenvalue weighted by atomic mass is 16.2. The molecule has 1 unspecified atom stereocenters. The summed E-state index contributed by atoms with van der Waals surface area (Å²) in [5, 5.41) is 6.30. The third kappa shape index (κ3) is 5.67. The minimum Gasteiger partial charge on any atom is -0.348 e. The molecule has 2 N–H and O–H groups in total. The Morgan fingerprint density at radius 2 is 1.82 bits per heavy atom. The maximum atomic E-state index is 12.4. The molecule has 38 heavy (non-hydrogen) atoms. The number of carbonyl (C=O) groups excluding carboxylic acids is 2. The number of piperazine rings is 1. The van der Waals surface area contributed by atoms with Crippen LogP contribution in [0.3, 0.4) is 0 Å². The molecule has 2 fully saturated rings. The van der Waals surface area contributed by atoms with E-state index in [2.05, 4.69) is 58.3 Å². The van der Waals surface area contributed by atoms with Crippen molar-refractivity contribution in [2.45, 2.75) is 64.7 Å². The third-order valence-electron chi connectivity index (χ3n) is 7.90. The molecule has 1 saturated heterocycles. The van der Waals surface area contributed by atoms with Gasteiger partial charge in [-0.05, 0) is 50.3 Å². The number of nitrogens with one attached hydrogen (secondary N) is 2. The first kappa shape index (κ1) is 26.2. The SMILES string of the molecule is C=CC(=O)N1CCN(C(CC2CC2)c2ccc([C@H](C)Nc3ncc4c(n3)N(C(C)C)C(=O)NC4)cc2)CC1. The van der Waals surface area contributed by atoms with Gasteiger partial charge in [0, 0.05) is 56.6 Å².